The zero-order valence-electron chi connectivity index (χ0n) is 11.4. The van der Waals surface area contributed by atoms with Crippen molar-refractivity contribution in [1.82, 2.24) is 5.48 Å². The van der Waals surface area contributed by atoms with E-state index >= 15 is 0 Å². The lowest BCUT2D eigenvalue weighted by Crippen LogP contribution is -2.15. The molecular weight excluding hydrogens is 222 g/mol. The van der Waals surface area contributed by atoms with Gasteiger partial charge in [0.1, 0.15) is 0 Å². The van der Waals surface area contributed by atoms with Crippen LogP contribution in [0.1, 0.15) is 20.3 Å². The van der Waals surface area contributed by atoms with E-state index < -0.39 is 0 Å². The highest BCUT2D eigenvalue weighted by Gasteiger charge is 1.94. The average Bonchev–Trinajstić information content (AvgIpc) is 2.30. The minimum atomic E-state index is 0.550. The van der Waals surface area contributed by atoms with Gasteiger partial charge in [0.05, 0.1) is 39.6 Å². The number of nitrogens with one attached hydrogen (secondary N) is 1. The molecule has 0 amide bonds. The minimum Gasteiger partial charge on any atom is -0.379 e. The van der Waals surface area contributed by atoms with Crippen LogP contribution in [0.4, 0.5) is 0 Å². The van der Waals surface area contributed by atoms with Crippen LogP contribution in [0.3, 0.4) is 0 Å². The topological polar surface area (TPSA) is 49.0 Å². The van der Waals surface area contributed by atoms with Crippen LogP contribution in [-0.4, -0.2) is 53.3 Å². The van der Waals surface area contributed by atoms with Gasteiger partial charge in [-0.05, 0) is 12.3 Å². The summed E-state index contributed by atoms with van der Waals surface area (Å²) < 4.78 is 16.0. The summed E-state index contributed by atoms with van der Waals surface area (Å²) in [5.74, 6) is 0.698. The second kappa shape index (κ2) is 13.9. The fraction of sp³-hybridized carbons (Fsp3) is 1.00. The van der Waals surface area contributed by atoms with Crippen molar-refractivity contribution in [3.63, 3.8) is 0 Å². The summed E-state index contributed by atoms with van der Waals surface area (Å²) in [6, 6.07) is 0. The van der Waals surface area contributed by atoms with Gasteiger partial charge in [-0.1, -0.05) is 13.8 Å². The Labute approximate surface area is 105 Å². The molecule has 0 aliphatic heterocycles. The fourth-order valence-electron chi connectivity index (χ4n) is 1.06. The molecule has 0 aliphatic rings. The Bertz CT molecular complexity index is 144. The monoisotopic (exact) mass is 249 g/mol. The molecule has 0 spiro atoms. The maximum Gasteiger partial charge on any atom is 0.0915 e. The lowest BCUT2D eigenvalue weighted by molar-refractivity contribution is -0.0191. The molecule has 0 heterocycles. The van der Waals surface area contributed by atoms with Crippen molar-refractivity contribution in [2.45, 2.75) is 20.3 Å². The maximum absolute atomic E-state index is 5.41. The van der Waals surface area contributed by atoms with E-state index in [1.807, 2.05) is 0 Å². The first-order valence-corrected chi connectivity index (χ1v) is 6.29. The predicted molar refractivity (Wildman–Crippen MR) is 66.9 cm³/mol. The lowest BCUT2D eigenvalue weighted by Gasteiger charge is -2.07. The van der Waals surface area contributed by atoms with E-state index in [2.05, 4.69) is 19.3 Å². The third-order valence-electron chi connectivity index (χ3n) is 2.06. The van der Waals surface area contributed by atoms with Crippen LogP contribution in [0, 0.1) is 5.92 Å². The van der Waals surface area contributed by atoms with Crippen molar-refractivity contribution < 1.29 is 19.0 Å². The van der Waals surface area contributed by atoms with E-state index in [9.17, 15) is 0 Å². The molecule has 1 N–H and O–H groups in total. The van der Waals surface area contributed by atoms with E-state index in [0.717, 1.165) is 13.0 Å². The van der Waals surface area contributed by atoms with Gasteiger partial charge < -0.3 is 14.2 Å². The first-order valence-electron chi connectivity index (χ1n) is 6.29. The van der Waals surface area contributed by atoms with E-state index in [4.69, 9.17) is 19.0 Å². The largest absolute Gasteiger partial charge is 0.379 e. The summed E-state index contributed by atoms with van der Waals surface area (Å²) in [6.45, 7) is 8.82. The lowest BCUT2D eigenvalue weighted by atomic mass is 10.1. The van der Waals surface area contributed by atoms with E-state index in [0.29, 0.717) is 45.6 Å². The third kappa shape index (κ3) is 15.8. The summed E-state index contributed by atoms with van der Waals surface area (Å²) in [5, 5.41) is 0. The molecule has 0 atom stereocenters. The molecule has 0 saturated heterocycles. The van der Waals surface area contributed by atoms with Crippen molar-refractivity contribution in [1.29, 1.82) is 0 Å². The van der Waals surface area contributed by atoms with Crippen LogP contribution in [0.15, 0.2) is 0 Å². The van der Waals surface area contributed by atoms with Crippen molar-refractivity contribution >= 4 is 0 Å². The van der Waals surface area contributed by atoms with Gasteiger partial charge in [0, 0.05) is 13.7 Å². The molecule has 0 aliphatic carbocycles. The number of hydroxylamine groups is 1. The van der Waals surface area contributed by atoms with Crippen LogP contribution < -0.4 is 5.48 Å². The molecule has 0 unspecified atom stereocenters. The Hall–Kier alpha value is -0.200. The summed E-state index contributed by atoms with van der Waals surface area (Å²) in [4.78, 5) is 4.89. The molecule has 0 rings (SSSR count). The molecule has 5 heteroatoms. The number of hydrogen-bond donors (Lipinski definition) is 1. The van der Waals surface area contributed by atoms with Gasteiger partial charge in [0.15, 0.2) is 0 Å². The van der Waals surface area contributed by atoms with Gasteiger partial charge >= 0.3 is 0 Å². The highest BCUT2D eigenvalue weighted by Crippen LogP contribution is 1.98. The van der Waals surface area contributed by atoms with Crippen molar-refractivity contribution in [3.05, 3.63) is 0 Å². The Balaban J connectivity index is 2.89. The smallest absolute Gasteiger partial charge is 0.0915 e. The Morgan fingerprint density at radius 1 is 0.765 bits per heavy atom. The summed E-state index contributed by atoms with van der Waals surface area (Å²) in [6.07, 6.45) is 1.11. The van der Waals surface area contributed by atoms with Gasteiger partial charge in [0.2, 0.25) is 0 Å². The number of hydrogen-bond acceptors (Lipinski definition) is 5. The number of rotatable bonds is 13. The Kier molecular flexibility index (Phi) is 13.7. The SMILES string of the molecule is CNOCCOCCOCCOCCC(C)C. The molecule has 0 radical (unpaired) electrons. The van der Waals surface area contributed by atoms with Crippen LogP contribution in [0.2, 0.25) is 0 Å². The molecule has 0 aromatic heterocycles. The quantitative estimate of drug-likeness (QED) is 0.393. The molecule has 0 aromatic carbocycles. The van der Waals surface area contributed by atoms with E-state index in [1.54, 1.807) is 7.05 Å². The molecular formula is C12H27NO4. The first-order chi connectivity index (χ1) is 8.27. The second-order valence-corrected chi connectivity index (χ2v) is 4.07. The Morgan fingerprint density at radius 3 is 1.71 bits per heavy atom. The predicted octanol–water partition coefficient (Wildman–Crippen LogP) is 1.23. The van der Waals surface area contributed by atoms with Crippen LogP contribution >= 0.6 is 0 Å². The standard InChI is InChI=1S/C12H27NO4/c1-12(2)4-5-14-6-7-15-8-9-16-10-11-17-13-3/h12-13H,4-11H2,1-3H3. The van der Waals surface area contributed by atoms with E-state index in [1.165, 1.54) is 0 Å². The summed E-state index contributed by atoms with van der Waals surface area (Å²) >= 11 is 0. The fourth-order valence-corrected chi connectivity index (χ4v) is 1.06. The summed E-state index contributed by atoms with van der Waals surface area (Å²) in [5.41, 5.74) is 2.58. The Morgan fingerprint density at radius 2 is 1.24 bits per heavy atom. The van der Waals surface area contributed by atoms with Crippen LogP contribution in [0.25, 0.3) is 0 Å². The third-order valence-corrected chi connectivity index (χ3v) is 2.06. The molecule has 17 heavy (non-hydrogen) atoms. The van der Waals surface area contributed by atoms with Gasteiger partial charge in [-0.25, -0.2) is 5.48 Å². The zero-order chi connectivity index (χ0) is 12.8. The van der Waals surface area contributed by atoms with Crippen LogP contribution in [-0.2, 0) is 19.0 Å². The minimum absolute atomic E-state index is 0.550. The average molecular weight is 249 g/mol. The molecule has 0 aromatic rings. The molecule has 0 fully saturated rings. The normalized spacial score (nSPS) is 11.3. The highest BCUT2D eigenvalue weighted by atomic mass is 16.7. The second-order valence-electron chi connectivity index (χ2n) is 4.07. The van der Waals surface area contributed by atoms with Gasteiger partial charge in [-0.15, -0.1) is 0 Å². The van der Waals surface area contributed by atoms with Gasteiger partial charge in [-0.2, -0.15) is 0 Å². The van der Waals surface area contributed by atoms with Crippen molar-refractivity contribution in [2.75, 3.05) is 53.3 Å². The maximum atomic E-state index is 5.41. The van der Waals surface area contributed by atoms with Gasteiger partial charge in [-0.3, -0.25) is 4.84 Å². The number of ether oxygens (including phenoxy) is 3. The summed E-state index contributed by atoms with van der Waals surface area (Å²) in [7, 11) is 1.72. The van der Waals surface area contributed by atoms with Gasteiger partial charge in [0.25, 0.3) is 0 Å². The molecule has 0 saturated carbocycles. The molecule has 0 bridgehead atoms. The molecule has 5 nitrogen and oxygen atoms in total. The highest BCUT2D eigenvalue weighted by molar-refractivity contribution is 4.42. The van der Waals surface area contributed by atoms with E-state index in [-0.39, 0.29) is 0 Å². The van der Waals surface area contributed by atoms with Crippen LogP contribution in [0.5, 0.6) is 0 Å². The zero-order valence-corrected chi connectivity index (χ0v) is 11.4. The van der Waals surface area contributed by atoms with Crippen molar-refractivity contribution in [3.8, 4) is 0 Å². The first kappa shape index (κ1) is 16.8. The van der Waals surface area contributed by atoms with Crippen molar-refractivity contribution in [2.24, 2.45) is 5.92 Å². The molecule has 104 valence electrons.